The Labute approximate surface area is 98.0 Å². The van der Waals surface area contributed by atoms with E-state index < -0.39 is 11.2 Å². The first-order chi connectivity index (χ1) is 8.22. The third kappa shape index (κ3) is 2.55. The van der Waals surface area contributed by atoms with Gasteiger partial charge in [0.15, 0.2) is 0 Å². The minimum Gasteiger partial charge on any atom is -0.346 e. The molecule has 94 valence electrons. The van der Waals surface area contributed by atoms with Crippen LogP contribution < -0.4 is 21.9 Å². The summed E-state index contributed by atoms with van der Waals surface area (Å²) >= 11 is 0. The van der Waals surface area contributed by atoms with Crippen molar-refractivity contribution in [2.45, 2.75) is 31.7 Å². The van der Waals surface area contributed by atoms with E-state index in [1.807, 2.05) is 4.90 Å². The zero-order valence-electron chi connectivity index (χ0n) is 9.61. The van der Waals surface area contributed by atoms with Crippen molar-refractivity contribution in [2.24, 2.45) is 5.73 Å². The number of anilines is 1. The molecule has 1 fully saturated rings. The summed E-state index contributed by atoms with van der Waals surface area (Å²) in [5.74, 6) is 0.266. The fourth-order valence-electron chi connectivity index (χ4n) is 2.35. The van der Waals surface area contributed by atoms with Crippen molar-refractivity contribution in [1.29, 1.82) is 0 Å². The quantitative estimate of drug-likeness (QED) is 0.635. The maximum Gasteiger partial charge on any atom is 0.342 e. The van der Waals surface area contributed by atoms with Gasteiger partial charge in [-0.15, -0.1) is 5.10 Å². The molecule has 4 N–H and O–H groups in total. The van der Waals surface area contributed by atoms with Gasteiger partial charge in [0.05, 0.1) is 0 Å². The second kappa shape index (κ2) is 5.13. The fraction of sp³-hybridized carbons (Fsp3) is 0.700. The lowest BCUT2D eigenvalue weighted by Crippen LogP contribution is -2.42. The van der Waals surface area contributed by atoms with Crippen LogP contribution in [0.5, 0.6) is 0 Å². The molecule has 0 saturated heterocycles. The average molecular weight is 239 g/mol. The van der Waals surface area contributed by atoms with Gasteiger partial charge in [0.1, 0.15) is 0 Å². The molecule has 0 spiro atoms. The van der Waals surface area contributed by atoms with Gasteiger partial charge in [-0.3, -0.25) is 9.78 Å². The summed E-state index contributed by atoms with van der Waals surface area (Å²) in [6.07, 6.45) is 4.40. The highest BCUT2D eigenvalue weighted by Gasteiger charge is 2.25. The molecule has 1 aliphatic rings. The number of hydrogen-bond acceptors (Lipinski definition) is 5. The molecule has 1 aliphatic carbocycles. The Morgan fingerprint density at radius 1 is 1.35 bits per heavy atom. The van der Waals surface area contributed by atoms with Gasteiger partial charge < -0.3 is 10.6 Å². The summed E-state index contributed by atoms with van der Waals surface area (Å²) in [7, 11) is 0. The van der Waals surface area contributed by atoms with E-state index in [9.17, 15) is 9.59 Å². The van der Waals surface area contributed by atoms with Gasteiger partial charge in [0.2, 0.25) is 5.82 Å². The lowest BCUT2D eigenvalue weighted by molar-refractivity contribution is 0.592. The summed E-state index contributed by atoms with van der Waals surface area (Å²) in [5.41, 5.74) is 4.53. The smallest absolute Gasteiger partial charge is 0.342 e. The van der Waals surface area contributed by atoms with E-state index >= 15 is 0 Å². The van der Waals surface area contributed by atoms with E-state index in [0.29, 0.717) is 19.1 Å². The number of aromatic nitrogens is 3. The summed E-state index contributed by atoms with van der Waals surface area (Å²) in [5, 5.41) is 6.09. The summed E-state index contributed by atoms with van der Waals surface area (Å²) in [6.45, 7) is 1.03. The lowest BCUT2D eigenvalue weighted by Gasteiger charge is -2.28. The van der Waals surface area contributed by atoms with Gasteiger partial charge in [0.25, 0.3) is 5.56 Å². The Bertz CT molecular complexity index is 474. The van der Waals surface area contributed by atoms with Crippen molar-refractivity contribution in [3.05, 3.63) is 20.8 Å². The molecule has 2 rings (SSSR count). The van der Waals surface area contributed by atoms with Crippen molar-refractivity contribution in [2.75, 3.05) is 18.0 Å². The number of nitrogens with two attached hydrogens (primary N) is 1. The standard InChI is InChI=1S/C10H17N5O2/c11-5-6-15(7-3-1-2-4-7)8-9(16)12-10(17)14-13-8/h7H,1-6,11H2,(H2,12,14,16,17). The van der Waals surface area contributed by atoms with E-state index in [1.54, 1.807) is 0 Å². The van der Waals surface area contributed by atoms with Crippen LogP contribution in [0.4, 0.5) is 5.82 Å². The fourth-order valence-corrected chi connectivity index (χ4v) is 2.35. The molecule has 0 atom stereocenters. The molecular formula is C10H17N5O2. The molecule has 7 heteroatoms. The number of rotatable bonds is 4. The van der Waals surface area contributed by atoms with Crippen molar-refractivity contribution in [3.63, 3.8) is 0 Å². The highest BCUT2D eigenvalue weighted by Crippen LogP contribution is 2.24. The van der Waals surface area contributed by atoms with Gasteiger partial charge in [-0.05, 0) is 12.8 Å². The Balaban J connectivity index is 2.31. The topological polar surface area (TPSA) is 108 Å². The Kier molecular flexibility index (Phi) is 3.58. The molecule has 0 aliphatic heterocycles. The Morgan fingerprint density at radius 3 is 2.65 bits per heavy atom. The zero-order chi connectivity index (χ0) is 12.3. The predicted octanol–water partition coefficient (Wildman–Crippen LogP) is -0.834. The van der Waals surface area contributed by atoms with E-state index in [0.717, 1.165) is 25.7 Å². The molecule has 17 heavy (non-hydrogen) atoms. The zero-order valence-corrected chi connectivity index (χ0v) is 9.61. The first-order valence-electron chi connectivity index (χ1n) is 5.88. The van der Waals surface area contributed by atoms with Crippen LogP contribution in [-0.4, -0.2) is 34.3 Å². The van der Waals surface area contributed by atoms with E-state index in [1.165, 1.54) is 0 Å². The maximum atomic E-state index is 11.7. The molecule has 0 radical (unpaired) electrons. The number of H-pyrrole nitrogens is 2. The molecule has 0 aromatic carbocycles. The predicted molar refractivity (Wildman–Crippen MR) is 64.1 cm³/mol. The maximum absolute atomic E-state index is 11.7. The van der Waals surface area contributed by atoms with Gasteiger partial charge in [-0.1, -0.05) is 12.8 Å². The van der Waals surface area contributed by atoms with E-state index in [2.05, 4.69) is 15.2 Å². The van der Waals surface area contributed by atoms with Crippen LogP contribution in [0, 0.1) is 0 Å². The molecule has 1 aromatic heterocycles. The molecule has 1 heterocycles. The van der Waals surface area contributed by atoms with Crippen LogP contribution >= 0.6 is 0 Å². The number of aromatic amines is 2. The minimum atomic E-state index is -0.585. The second-order valence-corrected chi connectivity index (χ2v) is 4.25. The van der Waals surface area contributed by atoms with Crippen LogP contribution in [0.25, 0.3) is 0 Å². The minimum absolute atomic E-state index is 0.266. The van der Waals surface area contributed by atoms with E-state index in [-0.39, 0.29) is 5.82 Å². The molecule has 0 bridgehead atoms. The van der Waals surface area contributed by atoms with Gasteiger partial charge in [-0.2, -0.15) is 0 Å². The Morgan fingerprint density at radius 2 is 2.06 bits per heavy atom. The first-order valence-corrected chi connectivity index (χ1v) is 5.88. The largest absolute Gasteiger partial charge is 0.346 e. The van der Waals surface area contributed by atoms with Gasteiger partial charge >= 0.3 is 5.69 Å². The van der Waals surface area contributed by atoms with Crippen molar-refractivity contribution >= 4 is 5.82 Å². The third-order valence-electron chi connectivity index (χ3n) is 3.10. The molecule has 1 saturated carbocycles. The first kappa shape index (κ1) is 11.8. The molecule has 7 nitrogen and oxygen atoms in total. The average Bonchev–Trinajstić information content (AvgIpc) is 2.80. The SMILES string of the molecule is NCCN(c1n[nH]c(=O)[nH]c1=O)C1CCCC1. The summed E-state index contributed by atoms with van der Waals surface area (Å²) < 4.78 is 0. The normalized spacial score (nSPS) is 16.3. The molecule has 0 amide bonds. The number of nitrogens with one attached hydrogen (secondary N) is 2. The lowest BCUT2D eigenvalue weighted by atomic mass is 10.2. The van der Waals surface area contributed by atoms with Crippen LogP contribution in [-0.2, 0) is 0 Å². The summed E-state index contributed by atoms with van der Waals surface area (Å²) in [6, 6.07) is 0.304. The summed E-state index contributed by atoms with van der Waals surface area (Å²) in [4.78, 5) is 26.7. The monoisotopic (exact) mass is 239 g/mol. The molecule has 1 aromatic rings. The number of hydrogen-bond donors (Lipinski definition) is 3. The van der Waals surface area contributed by atoms with Crippen LogP contribution in [0.3, 0.4) is 0 Å². The second-order valence-electron chi connectivity index (χ2n) is 4.25. The van der Waals surface area contributed by atoms with Gasteiger partial charge in [0, 0.05) is 19.1 Å². The Hall–Kier alpha value is -1.63. The van der Waals surface area contributed by atoms with Crippen LogP contribution in [0.2, 0.25) is 0 Å². The van der Waals surface area contributed by atoms with E-state index in [4.69, 9.17) is 5.73 Å². The molecular weight excluding hydrogens is 222 g/mol. The van der Waals surface area contributed by atoms with Crippen molar-refractivity contribution in [1.82, 2.24) is 15.2 Å². The molecule has 0 unspecified atom stereocenters. The highest BCUT2D eigenvalue weighted by atomic mass is 16.2. The van der Waals surface area contributed by atoms with Crippen molar-refractivity contribution < 1.29 is 0 Å². The van der Waals surface area contributed by atoms with Gasteiger partial charge in [-0.25, -0.2) is 9.89 Å². The van der Waals surface area contributed by atoms with Crippen LogP contribution in [0.1, 0.15) is 25.7 Å². The highest BCUT2D eigenvalue weighted by molar-refractivity contribution is 5.36. The third-order valence-corrected chi connectivity index (χ3v) is 3.10. The van der Waals surface area contributed by atoms with Crippen molar-refractivity contribution in [3.8, 4) is 0 Å². The van der Waals surface area contributed by atoms with Crippen LogP contribution in [0.15, 0.2) is 9.59 Å². The number of nitrogens with zero attached hydrogens (tertiary/aromatic N) is 2.